The van der Waals surface area contributed by atoms with E-state index in [1.54, 1.807) is 18.0 Å². The molecule has 0 N–H and O–H groups in total. The fraction of sp³-hybridized carbons (Fsp3) is 0.455. The zero-order valence-electron chi connectivity index (χ0n) is 8.24. The number of pyridine rings is 1. The van der Waals surface area contributed by atoms with E-state index >= 15 is 0 Å². The Morgan fingerprint density at radius 2 is 2.47 bits per heavy atom. The summed E-state index contributed by atoms with van der Waals surface area (Å²) >= 11 is 5.19. The summed E-state index contributed by atoms with van der Waals surface area (Å²) in [6.07, 6.45) is 6.58. The summed E-state index contributed by atoms with van der Waals surface area (Å²) in [5.41, 5.74) is 1.14. The Labute approximate surface area is 102 Å². The highest BCUT2D eigenvalue weighted by Gasteiger charge is 2.34. The molecule has 1 aromatic rings. The van der Waals surface area contributed by atoms with E-state index in [1.165, 1.54) is 0 Å². The summed E-state index contributed by atoms with van der Waals surface area (Å²) in [4.78, 5) is 4.13. The van der Waals surface area contributed by atoms with Crippen LogP contribution in [-0.4, -0.2) is 15.5 Å². The Kier molecular flexibility index (Phi) is 3.32. The van der Waals surface area contributed by atoms with Gasteiger partial charge >= 0.3 is 0 Å². The average Bonchev–Trinajstić information content (AvgIpc) is 2.67. The monoisotopic (exact) mass is 282 g/mol. The minimum atomic E-state index is -0.206. The van der Waals surface area contributed by atoms with E-state index in [9.17, 15) is 5.26 Å². The molecule has 1 aromatic heterocycles. The third-order valence-electron chi connectivity index (χ3n) is 2.56. The van der Waals surface area contributed by atoms with Gasteiger partial charge in [-0.25, -0.2) is 0 Å². The summed E-state index contributed by atoms with van der Waals surface area (Å²) < 4.78 is 0.777. The third-order valence-corrected chi connectivity index (χ3v) is 4.48. The fourth-order valence-corrected chi connectivity index (χ4v) is 3.56. The van der Waals surface area contributed by atoms with Gasteiger partial charge < -0.3 is 0 Å². The topological polar surface area (TPSA) is 36.7 Å². The van der Waals surface area contributed by atoms with Crippen LogP contribution >= 0.6 is 27.7 Å². The first-order valence-electron chi connectivity index (χ1n) is 4.89. The van der Waals surface area contributed by atoms with Crippen LogP contribution in [0.4, 0.5) is 0 Å². The van der Waals surface area contributed by atoms with Crippen molar-refractivity contribution in [2.45, 2.75) is 24.0 Å². The molecule has 1 saturated heterocycles. The molecule has 1 fully saturated rings. The maximum absolute atomic E-state index is 9.24. The van der Waals surface area contributed by atoms with E-state index in [-0.39, 0.29) is 4.75 Å². The molecule has 78 valence electrons. The number of halogens is 1. The lowest BCUT2D eigenvalue weighted by Crippen LogP contribution is -2.21. The normalized spacial score (nSPS) is 25.1. The van der Waals surface area contributed by atoms with Crippen molar-refractivity contribution in [2.75, 3.05) is 5.75 Å². The molecule has 2 rings (SSSR count). The Balaban J connectivity index is 2.17. The number of rotatable bonds is 2. The second-order valence-electron chi connectivity index (χ2n) is 3.75. The van der Waals surface area contributed by atoms with Crippen LogP contribution in [0.2, 0.25) is 0 Å². The Morgan fingerprint density at radius 1 is 1.60 bits per heavy atom. The lowest BCUT2D eigenvalue weighted by atomic mass is 9.97. The SMILES string of the molecule is N#CC1(Cc2cncc(Br)c2)CCCS1. The van der Waals surface area contributed by atoms with Crippen molar-refractivity contribution in [2.24, 2.45) is 0 Å². The molecule has 0 amide bonds. The smallest absolute Gasteiger partial charge is 0.106 e. The minimum Gasteiger partial charge on any atom is -0.263 e. The first kappa shape index (κ1) is 11.0. The zero-order valence-corrected chi connectivity index (χ0v) is 10.6. The van der Waals surface area contributed by atoms with E-state index in [0.717, 1.165) is 35.1 Å². The molecule has 0 aliphatic carbocycles. The van der Waals surface area contributed by atoms with E-state index in [2.05, 4.69) is 27.0 Å². The van der Waals surface area contributed by atoms with Gasteiger partial charge in [0, 0.05) is 23.3 Å². The van der Waals surface area contributed by atoms with Crippen LogP contribution in [0, 0.1) is 11.3 Å². The quantitative estimate of drug-likeness (QED) is 0.836. The van der Waals surface area contributed by atoms with Gasteiger partial charge in [-0.2, -0.15) is 5.26 Å². The highest BCUT2D eigenvalue weighted by atomic mass is 79.9. The van der Waals surface area contributed by atoms with Crippen molar-refractivity contribution >= 4 is 27.7 Å². The van der Waals surface area contributed by atoms with Crippen LogP contribution in [0.5, 0.6) is 0 Å². The molecule has 0 radical (unpaired) electrons. The molecule has 1 aliphatic rings. The van der Waals surface area contributed by atoms with E-state index in [1.807, 2.05) is 12.3 Å². The molecule has 0 bridgehead atoms. The second kappa shape index (κ2) is 4.54. The molecule has 0 aromatic carbocycles. The molecule has 0 saturated carbocycles. The van der Waals surface area contributed by atoms with Crippen LogP contribution in [0.1, 0.15) is 18.4 Å². The molecular formula is C11H11BrN2S. The lowest BCUT2D eigenvalue weighted by molar-refractivity contribution is 0.670. The van der Waals surface area contributed by atoms with Gasteiger partial charge in [0.15, 0.2) is 0 Å². The summed E-state index contributed by atoms with van der Waals surface area (Å²) in [5.74, 6) is 1.11. The summed E-state index contributed by atoms with van der Waals surface area (Å²) in [6.45, 7) is 0. The number of hydrogen-bond acceptors (Lipinski definition) is 3. The first-order valence-corrected chi connectivity index (χ1v) is 6.67. The van der Waals surface area contributed by atoms with Gasteiger partial charge in [0.1, 0.15) is 4.75 Å². The molecule has 0 spiro atoms. The fourth-order valence-electron chi connectivity index (χ4n) is 1.85. The van der Waals surface area contributed by atoms with Gasteiger partial charge in [-0.05, 0) is 46.2 Å². The van der Waals surface area contributed by atoms with Gasteiger partial charge in [-0.1, -0.05) is 0 Å². The van der Waals surface area contributed by atoms with Crippen molar-refractivity contribution < 1.29 is 0 Å². The number of nitriles is 1. The van der Waals surface area contributed by atoms with Crippen molar-refractivity contribution in [3.05, 3.63) is 28.5 Å². The Bertz CT molecular complexity index is 394. The molecule has 2 nitrogen and oxygen atoms in total. The predicted molar refractivity (Wildman–Crippen MR) is 65.7 cm³/mol. The van der Waals surface area contributed by atoms with Crippen molar-refractivity contribution in [1.29, 1.82) is 5.26 Å². The maximum Gasteiger partial charge on any atom is 0.106 e. The molecule has 1 aliphatic heterocycles. The molecule has 15 heavy (non-hydrogen) atoms. The highest BCUT2D eigenvalue weighted by Crippen LogP contribution is 2.40. The van der Waals surface area contributed by atoms with Crippen LogP contribution in [0.15, 0.2) is 22.9 Å². The highest BCUT2D eigenvalue weighted by molar-refractivity contribution is 9.10. The standard InChI is InChI=1S/C11H11BrN2S/c12-10-4-9(6-14-7-10)5-11(8-13)2-1-3-15-11/h4,6-7H,1-3,5H2. The van der Waals surface area contributed by atoms with Gasteiger partial charge in [0.05, 0.1) is 6.07 Å². The zero-order chi connectivity index (χ0) is 10.7. The minimum absolute atomic E-state index is 0.206. The van der Waals surface area contributed by atoms with Crippen LogP contribution < -0.4 is 0 Å². The maximum atomic E-state index is 9.24. The molecule has 1 atom stereocenters. The van der Waals surface area contributed by atoms with Crippen LogP contribution in [-0.2, 0) is 6.42 Å². The molecule has 1 unspecified atom stereocenters. The van der Waals surface area contributed by atoms with E-state index < -0.39 is 0 Å². The second-order valence-corrected chi connectivity index (χ2v) is 6.14. The van der Waals surface area contributed by atoms with Crippen LogP contribution in [0.3, 0.4) is 0 Å². The first-order chi connectivity index (χ1) is 7.24. The number of aromatic nitrogens is 1. The van der Waals surface area contributed by atoms with Gasteiger partial charge in [-0.15, -0.1) is 11.8 Å². The molecule has 2 heterocycles. The third kappa shape index (κ3) is 2.53. The van der Waals surface area contributed by atoms with Gasteiger partial charge in [0.25, 0.3) is 0 Å². The van der Waals surface area contributed by atoms with Crippen LogP contribution in [0.25, 0.3) is 0 Å². The van der Waals surface area contributed by atoms with E-state index in [4.69, 9.17) is 0 Å². The average molecular weight is 283 g/mol. The number of thioether (sulfide) groups is 1. The molecule has 4 heteroatoms. The number of hydrogen-bond donors (Lipinski definition) is 0. The van der Waals surface area contributed by atoms with Crippen molar-refractivity contribution in [3.8, 4) is 6.07 Å². The Morgan fingerprint density at radius 3 is 3.07 bits per heavy atom. The summed E-state index contributed by atoms with van der Waals surface area (Å²) in [7, 11) is 0. The largest absolute Gasteiger partial charge is 0.263 e. The summed E-state index contributed by atoms with van der Waals surface area (Å²) in [6, 6.07) is 4.51. The van der Waals surface area contributed by atoms with Crippen molar-refractivity contribution in [1.82, 2.24) is 4.98 Å². The lowest BCUT2D eigenvalue weighted by Gasteiger charge is -2.18. The predicted octanol–water partition coefficient (Wildman–Crippen LogP) is 3.18. The Hall–Kier alpha value is -0.530. The van der Waals surface area contributed by atoms with E-state index in [0.29, 0.717) is 0 Å². The van der Waals surface area contributed by atoms with Crippen molar-refractivity contribution in [3.63, 3.8) is 0 Å². The van der Waals surface area contributed by atoms with Gasteiger partial charge in [0.2, 0.25) is 0 Å². The molecular weight excluding hydrogens is 272 g/mol. The number of nitrogens with zero attached hydrogens (tertiary/aromatic N) is 2. The summed E-state index contributed by atoms with van der Waals surface area (Å²) in [5, 5.41) is 9.24. The van der Waals surface area contributed by atoms with Gasteiger partial charge in [-0.3, -0.25) is 4.98 Å².